The molecular weight excluding hydrogens is 244 g/mol. The fraction of sp³-hybridized carbons (Fsp3) is 0.462. The van der Waals surface area contributed by atoms with Crippen LogP contribution >= 0.6 is 0 Å². The summed E-state index contributed by atoms with van der Waals surface area (Å²) in [5.41, 5.74) is 2.81. The van der Waals surface area contributed by atoms with Crippen LogP contribution in [0.15, 0.2) is 18.2 Å². The zero-order valence-electron chi connectivity index (χ0n) is 11.2. The molecule has 0 radical (unpaired) electrons. The summed E-state index contributed by atoms with van der Waals surface area (Å²) in [5, 5.41) is 17.0. The average molecular weight is 262 g/mol. The number of carboxylic acid groups (broad SMARTS) is 1. The van der Waals surface area contributed by atoms with Crippen LogP contribution in [0.1, 0.15) is 19.8 Å². The molecule has 0 amide bonds. The highest BCUT2D eigenvalue weighted by atomic mass is 16.4. The summed E-state index contributed by atoms with van der Waals surface area (Å²) in [6, 6.07) is 5.90. The molecule has 1 aromatic carbocycles. The first-order chi connectivity index (χ1) is 9.11. The number of benzene rings is 1. The number of rotatable bonds is 6. The molecule has 0 spiro atoms. The Morgan fingerprint density at radius 3 is 2.95 bits per heavy atom. The lowest BCUT2D eigenvalue weighted by atomic mass is 10.2. The quantitative estimate of drug-likeness (QED) is 0.858. The van der Waals surface area contributed by atoms with Crippen molar-refractivity contribution in [3.8, 4) is 0 Å². The number of hydrogen-bond donors (Lipinski definition) is 1. The van der Waals surface area contributed by atoms with Gasteiger partial charge in [0, 0.05) is 25.8 Å². The predicted molar refractivity (Wildman–Crippen MR) is 73.3 cm³/mol. The third kappa shape index (κ3) is 3.01. The highest BCUT2D eigenvalue weighted by Crippen LogP contribution is 2.20. The maximum Gasteiger partial charge on any atom is 0.305 e. The molecule has 0 saturated heterocycles. The van der Waals surface area contributed by atoms with Gasteiger partial charge in [0.1, 0.15) is 5.52 Å². The number of anilines is 1. The number of carbonyl (C=O) groups is 1. The Labute approximate surface area is 111 Å². The van der Waals surface area contributed by atoms with Crippen LogP contribution in [0.4, 0.5) is 5.69 Å². The van der Waals surface area contributed by atoms with E-state index in [4.69, 9.17) is 5.11 Å². The van der Waals surface area contributed by atoms with Gasteiger partial charge in [-0.25, -0.2) is 4.68 Å². The van der Waals surface area contributed by atoms with Crippen molar-refractivity contribution >= 4 is 22.7 Å². The highest BCUT2D eigenvalue weighted by Gasteiger charge is 2.08. The van der Waals surface area contributed by atoms with Crippen LogP contribution in [0.3, 0.4) is 0 Å². The molecule has 0 aliphatic rings. The lowest BCUT2D eigenvalue weighted by molar-refractivity contribution is -0.136. The van der Waals surface area contributed by atoms with E-state index in [0.717, 1.165) is 29.7 Å². The van der Waals surface area contributed by atoms with Gasteiger partial charge in [-0.05, 0) is 24.6 Å². The van der Waals surface area contributed by atoms with E-state index in [1.165, 1.54) is 0 Å². The van der Waals surface area contributed by atoms with Crippen LogP contribution in [0.5, 0.6) is 0 Å². The smallest absolute Gasteiger partial charge is 0.305 e. The summed E-state index contributed by atoms with van der Waals surface area (Å²) in [7, 11) is 1.88. The Morgan fingerprint density at radius 1 is 1.47 bits per heavy atom. The number of aromatic nitrogens is 3. The van der Waals surface area contributed by atoms with Gasteiger partial charge < -0.3 is 10.0 Å². The lowest BCUT2D eigenvalue weighted by Crippen LogP contribution is -2.20. The maximum atomic E-state index is 10.6. The summed E-state index contributed by atoms with van der Waals surface area (Å²) < 4.78 is 1.89. The molecule has 0 fully saturated rings. The van der Waals surface area contributed by atoms with Crippen LogP contribution in [0.2, 0.25) is 0 Å². The van der Waals surface area contributed by atoms with Gasteiger partial charge in [0.2, 0.25) is 0 Å². The molecular formula is C13H18N4O2. The molecule has 102 valence electrons. The summed E-state index contributed by atoms with van der Waals surface area (Å²) in [6.45, 7) is 3.43. The van der Waals surface area contributed by atoms with Crippen molar-refractivity contribution in [3.63, 3.8) is 0 Å². The molecule has 0 aliphatic heterocycles. The van der Waals surface area contributed by atoms with E-state index >= 15 is 0 Å². The van der Waals surface area contributed by atoms with Crippen LogP contribution in [0, 0.1) is 0 Å². The van der Waals surface area contributed by atoms with E-state index < -0.39 is 5.97 Å². The molecule has 0 atom stereocenters. The van der Waals surface area contributed by atoms with E-state index in [-0.39, 0.29) is 6.42 Å². The number of aliphatic carboxylic acids is 1. The van der Waals surface area contributed by atoms with Crippen molar-refractivity contribution in [1.82, 2.24) is 15.0 Å². The Morgan fingerprint density at radius 2 is 2.26 bits per heavy atom. The van der Waals surface area contributed by atoms with Crippen molar-refractivity contribution in [1.29, 1.82) is 0 Å². The first-order valence-corrected chi connectivity index (χ1v) is 6.38. The number of nitrogens with zero attached hydrogens (tertiary/aromatic N) is 4. The minimum Gasteiger partial charge on any atom is -0.481 e. The minimum atomic E-state index is -0.790. The van der Waals surface area contributed by atoms with Gasteiger partial charge in [-0.2, -0.15) is 0 Å². The third-order valence-corrected chi connectivity index (χ3v) is 3.03. The number of hydrogen-bond acceptors (Lipinski definition) is 4. The monoisotopic (exact) mass is 262 g/mol. The molecule has 0 aliphatic carbocycles. The van der Waals surface area contributed by atoms with Gasteiger partial charge in [-0.1, -0.05) is 12.1 Å². The first kappa shape index (κ1) is 13.3. The first-order valence-electron chi connectivity index (χ1n) is 6.38. The normalized spacial score (nSPS) is 10.8. The molecule has 2 rings (SSSR count). The van der Waals surface area contributed by atoms with Gasteiger partial charge in [0.15, 0.2) is 0 Å². The summed E-state index contributed by atoms with van der Waals surface area (Å²) in [4.78, 5) is 12.5. The molecule has 19 heavy (non-hydrogen) atoms. The van der Waals surface area contributed by atoms with E-state index in [1.54, 1.807) is 0 Å². The maximum absolute atomic E-state index is 10.6. The van der Waals surface area contributed by atoms with E-state index in [2.05, 4.69) is 17.2 Å². The fourth-order valence-electron chi connectivity index (χ4n) is 1.97. The van der Waals surface area contributed by atoms with E-state index in [1.807, 2.05) is 34.8 Å². The van der Waals surface area contributed by atoms with Crippen LogP contribution < -0.4 is 4.90 Å². The van der Waals surface area contributed by atoms with Gasteiger partial charge in [-0.3, -0.25) is 4.79 Å². The second-order valence-corrected chi connectivity index (χ2v) is 4.55. The van der Waals surface area contributed by atoms with Gasteiger partial charge in [-0.15, -0.1) is 5.10 Å². The Hall–Kier alpha value is -2.11. The molecule has 2 aromatic rings. The summed E-state index contributed by atoms with van der Waals surface area (Å²) in [6.07, 6.45) is 1.13. The standard InChI is InChI=1S/C13H18N4O2/c1-3-7-17-12-5-4-10(9-11(12)14-15-17)16(2)8-6-13(18)19/h4-5,9H,3,6-8H2,1-2H3,(H,18,19). The molecule has 1 N–H and O–H groups in total. The van der Waals surface area contributed by atoms with E-state index in [0.29, 0.717) is 6.54 Å². The van der Waals surface area contributed by atoms with Gasteiger partial charge in [0.05, 0.1) is 11.9 Å². The Bertz CT molecular complexity index is 579. The van der Waals surface area contributed by atoms with Crippen LogP contribution in [-0.4, -0.2) is 39.7 Å². The molecule has 6 heteroatoms. The molecule has 0 unspecified atom stereocenters. The molecule has 0 saturated carbocycles. The van der Waals surface area contributed by atoms with Crippen molar-refractivity contribution in [3.05, 3.63) is 18.2 Å². The fourth-order valence-corrected chi connectivity index (χ4v) is 1.97. The number of fused-ring (bicyclic) bond motifs is 1. The zero-order chi connectivity index (χ0) is 13.8. The number of aryl methyl sites for hydroxylation is 1. The Kier molecular flexibility index (Phi) is 3.99. The third-order valence-electron chi connectivity index (χ3n) is 3.03. The average Bonchev–Trinajstić information content (AvgIpc) is 2.79. The predicted octanol–water partition coefficient (Wildman–Crippen LogP) is 1.75. The van der Waals surface area contributed by atoms with Crippen molar-refractivity contribution < 1.29 is 9.90 Å². The highest BCUT2D eigenvalue weighted by molar-refractivity contribution is 5.79. The largest absolute Gasteiger partial charge is 0.481 e. The molecule has 1 aromatic heterocycles. The summed E-state index contributed by atoms with van der Waals surface area (Å²) >= 11 is 0. The SMILES string of the molecule is CCCn1nnc2cc(N(C)CCC(=O)O)ccc21. The van der Waals surface area contributed by atoms with Crippen molar-refractivity contribution in [2.45, 2.75) is 26.3 Å². The second kappa shape index (κ2) is 5.69. The molecule has 6 nitrogen and oxygen atoms in total. The molecule has 0 bridgehead atoms. The minimum absolute atomic E-state index is 0.122. The van der Waals surface area contributed by atoms with Gasteiger partial charge in [0.25, 0.3) is 0 Å². The van der Waals surface area contributed by atoms with Crippen molar-refractivity contribution in [2.24, 2.45) is 0 Å². The number of carboxylic acids is 1. The van der Waals surface area contributed by atoms with Crippen molar-refractivity contribution in [2.75, 3.05) is 18.5 Å². The topological polar surface area (TPSA) is 71.2 Å². The van der Waals surface area contributed by atoms with Crippen LogP contribution in [0.25, 0.3) is 11.0 Å². The summed E-state index contributed by atoms with van der Waals surface area (Å²) in [5.74, 6) is -0.790. The second-order valence-electron chi connectivity index (χ2n) is 4.55. The Balaban J connectivity index is 2.19. The zero-order valence-corrected chi connectivity index (χ0v) is 11.2. The van der Waals surface area contributed by atoms with Gasteiger partial charge >= 0.3 is 5.97 Å². The lowest BCUT2D eigenvalue weighted by Gasteiger charge is -2.17. The molecule has 1 heterocycles. The van der Waals surface area contributed by atoms with E-state index in [9.17, 15) is 4.79 Å². The van der Waals surface area contributed by atoms with Crippen LogP contribution in [-0.2, 0) is 11.3 Å².